The van der Waals surface area contributed by atoms with E-state index in [1.165, 1.54) is 5.56 Å². The van der Waals surface area contributed by atoms with Crippen molar-refractivity contribution in [2.45, 2.75) is 13.1 Å². The predicted octanol–water partition coefficient (Wildman–Crippen LogP) is 0.813. The van der Waals surface area contributed by atoms with Gasteiger partial charge in [-0.15, -0.1) is 0 Å². The van der Waals surface area contributed by atoms with Crippen LogP contribution in [0.1, 0.15) is 11.4 Å². The van der Waals surface area contributed by atoms with Gasteiger partial charge in [0.1, 0.15) is 5.82 Å². The first-order valence-corrected chi connectivity index (χ1v) is 7.88. The van der Waals surface area contributed by atoms with Gasteiger partial charge in [0, 0.05) is 32.7 Å². The van der Waals surface area contributed by atoms with Crippen LogP contribution in [0, 0.1) is 0 Å². The number of piperazine rings is 1. The topological polar surface area (TPSA) is 83.2 Å². The molecule has 7 heteroatoms. The van der Waals surface area contributed by atoms with Gasteiger partial charge < -0.3 is 16.0 Å². The summed E-state index contributed by atoms with van der Waals surface area (Å²) in [5.41, 5.74) is 7.00. The summed E-state index contributed by atoms with van der Waals surface area (Å²) in [5.74, 6) is 1.52. The number of hydrogen-bond acceptors (Lipinski definition) is 7. The van der Waals surface area contributed by atoms with Crippen molar-refractivity contribution in [2.75, 3.05) is 44.3 Å². The highest BCUT2D eigenvalue weighted by atomic mass is 15.3. The molecule has 0 atom stereocenters. The molecule has 3 rings (SSSR count). The fourth-order valence-corrected chi connectivity index (χ4v) is 2.57. The third-order valence-corrected chi connectivity index (χ3v) is 3.95. The Morgan fingerprint density at radius 3 is 2.52 bits per heavy atom. The molecular formula is C16H23N7. The Balaban J connectivity index is 1.62. The van der Waals surface area contributed by atoms with Crippen molar-refractivity contribution in [3.63, 3.8) is 0 Å². The van der Waals surface area contributed by atoms with Gasteiger partial charge in [-0.05, 0) is 12.6 Å². The summed E-state index contributed by atoms with van der Waals surface area (Å²) in [6.07, 6.45) is 0. The molecule has 1 saturated heterocycles. The summed E-state index contributed by atoms with van der Waals surface area (Å²) in [4.78, 5) is 17.6. The number of nitrogens with one attached hydrogen (secondary N) is 1. The molecule has 3 N–H and O–H groups in total. The standard InChI is InChI=1S/C16H23N7/c1-22-7-9-23(10-8-22)12-14-19-15(17)21-16(20-14)18-11-13-5-3-2-4-6-13/h2-6H,7-12H2,1H3,(H3,17,18,19,20,21). The van der Waals surface area contributed by atoms with Crippen LogP contribution in [0.3, 0.4) is 0 Å². The number of nitrogen functional groups attached to an aromatic ring is 1. The van der Waals surface area contributed by atoms with Crippen LogP contribution in [0.15, 0.2) is 30.3 Å². The van der Waals surface area contributed by atoms with Crippen molar-refractivity contribution in [3.8, 4) is 0 Å². The fraction of sp³-hybridized carbons (Fsp3) is 0.438. The molecule has 0 amide bonds. The van der Waals surface area contributed by atoms with Crippen molar-refractivity contribution in [3.05, 3.63) is 41.7 Å². The smallest absolute Gasteiger partial charge is 0.228 e. The number of anilines is 2. The molecule has 122 valence electrons. The van der Waals surface area contributed by atoms with Crippen molar-refractivity contribution in [1.29, 1.82) is 0 Å². The lowest BCUT2D eigenvalue weighted by atomic mass is 10.2. The van der Waals surface area contributed by atoms with E-state index in [4.69, 9.17) is 5.73 Å². The Labute approximate surface area is 136 Å². The largest absolute Gasteiger partial charge is 0.368 e. The Bertz CT molecular complexity index is 624. The number of nitrogens with zero attached hydrogens (tertiary/aromatic N) is 5. The second kappa shape index (κ2) is 7.34. The third-order valence-electron chi connectivity index (χ3n) is 3.95. The van der Waals surface area contributed by atoms with Crippen LogP contribution in [0.25, 0.3) is 0 Å². The van der Waals surface area contributed by atoms with E-state index in [0.29, 0.717) is 19.0 Å². The van der Waals surface area contributed by atoms with Crippen LogP contribution >= 0.6 is 0 Å². The van der Waals surface area contributed by atoms with Crippen LogP contribution in [0.2, 0.25) is 0 Å². The van der Waals surface area contributed by atoms with E-state index in [-0.39, 0.29) is 5.95 Å². The fourth-order valence-electron chi connectivity index (χ4n) is 2.57. The second-order valence-electron chi connectivity index (χ2n) is 5.85. The number of rotatable bonds is 5. The van der Waals surface area contributed by atoms with Gasteiger partial charge in [-0.2, -0.15) is 15.0 Å². The Morgan fingerprint density at radius 1 is 1.04 bits per heavy atom. The molecule has 0 spiro atoms. The first-order valence-electron chi connectivity index (χ1n) is 7.88. The van der Waals surface area contributed by atoms with E-state index in [9.17, 15) is 0 Å². The van der Waals surface area contributed by atoms with Gasteiger partial charge in [-0.3, -0.25) is 4.90 Å². The predicted molar refractivity (Wildman–Crippen MR) is 90.8 cm³/mol. The van der Waals surface area contributed by atoms with E-state index in [2.05, 4.69) is 49.2 Å². The summed E-state index contributed by atoms with van der Waals surface area (Å²) in [6, 6.07) is 10.1. The number of nitrogens with two attached hydrogens (primary N) is 1. The van der Waals surface area contributed by atoms with E-state index in [1.54, 1.807) is 0 Å². The van der Waals surface area contributed by atoms with Crippen LogP contribution in [0.5, 0.6) is 0 Å². The molecule has 1 aliphatic rings. The minimum Gasteiger partial charge on any atom is -0.368 e. The van der Waals surface area contributed by atoms with Crippen molar-refractivity contribution < 1.29 is 0 Å². The maximum atomic E-state index is 5.83. The second-order valence-corrected chi connectivity index (χ2v) is 5.85. The monoisotopic (exact) mass is 313 g/mol. The zero-order valence-corrected chi connectivity index (χ0v) is 13.4. The number of benzene rings is 1. The molecule has 0 saturated carbocycles. The maximum Gasteiger partial charge on any atom is 0.228 e. The molecule has 2 heterocycles. The number of aromatic nitrogens is 3. The molecule has 2 aromatic rings. The van der Waals surface area contributed by atoms with Gasteiger partial charge in [-0.25, -0.2) is 0 Å². The highest BCUT2D eigenvalue weighted by Gasteiger charge is 2.16. The van der Waals surface area contributed by atoms with Gasteiger partial charge in [0.25, 0.3) is 0 Å². The molecule has 0 unspecified atom stereocenters. The minimum atomic E-state index is 0.264. The lowest BCUT2D eigenvalue weighted by molar-refractivity contribution is 0.145. The molecule has 0 aliphatic carbocycles. The van der Waals surface area contributed by atoms with Gasteiger partial charge in [0.15, 0.2) is 0 Å². The average molecular weight is 313 g/mol. The van der Waals surface area contributed by atoms with E-state index in [0.717, 1.165) is 32.0 Å². The van der Waals surface area contributed by atoms with Crippen LogP contribution in [-0.4, -0.2) is 58.0 Å². The van der Waals surface area contributed by atoms with Crippen molar-refractivity contribution >= 4 is 11.9 Å². The summed E-state index contributed by atoms with van der Waals surface area (Å²) < 4.78 is 0. The molecule has 1 aromatic heterocycles. The number of likely N-dealkylation sites (N-methyl/N-ethyl adjacent to an activating group) is 1. The van der Waals surface area contributed by atoms with Crippen LogP contribution in [0.4, 0.5) is 11.9 Å². The molecule has 0 radical (unpaired) electrons. The molecule has 1 aromatic carbocycles. The number of hydrogen-bond donors (Lipinski definition) is 2. The molecule has 23 heavy (non-hydrogen) atoms. The van der Waals surface area contributed by atoms with Gasteiger partial charge in [-0.1, -0.05) is 30.3 Å². The Morgan fingerprint density at radius 2 is 1.78 bits per heavy atom. The average Bonchev–Trinajstić information content (AvgIpc) is 2.56. The Hall–Kier alpha value is -2.25. The first-order chi connectivity index (χ1) is 11.2. The lowest BCUT2D eigenvalue weighted by Crippen LogP contribution is -2.44. The quantitative estimate of drug-likeness (QED) is 0.845. The SMILES string of the molecule is CN1CCN(Cc2nc(N)nc(NCc3ccccc3)n2)CC1. The lowest BCUT2D eigenvalue weighted by Gasteiger charge is -2.31. The van der Waals surface area contributed by atoms with E-state index in [1.807, 2.05) is 18.2 Å². The van der Waals surface area contributed by atoms with E-state index < -0.39 is 0 Å². The maximum absolute atomic E-state index is 5.83. The molecule has 1 fully saturated rings. The van der Waals surface area contributed by atoms with Crippen LogP contribution < -0.4 is 11.1 Å². The summed E-state index contributed by atoms with van der Waals surface area (Å²) in [7, 11) is 2.14. The molecular weight excluding hydrogens is 290 g/mol. The first kappa shape index (κ1) is 15.6. The highest BCUT2D eigenvalue weighted by Crippen LogP contribution is 2.09. The third kappa shape index (κ3) is 4.61. The van der Waals surface area contributed by atoms with Gasteiger partial charge in [0.2, 0.25) is 11.9 Å². The summed E-state index contributed by atoms with van der Waals surface area (Å²) >= 11 is 0. The van der Waals surface area contributed by atoms with Crippen LogP contribution in [-0.2, 0) is 13.1 Å². The summed E-state index contributed by atoms with van der Waals surface area (Å²) in [6.45, 7) is 5.56. The molecule has 0 bridgehead atoms. The van der Waals surface area contributed by atoms with E-state index >= 15 is 0 Å². The highest BCUT2D eigenvalue weighted by molar-refractivity contribution is 5.32. The molecule has 1 aliphatic heterocycles. The van der Waals surface area contributed by atoms with Crippen molar-refractivity contribution in [2.24, 2.45) is 0 Å². The Kier molecular flexibility index (Phi) is 4.99. The van der Waals surface area contributed by atoms with Crippen molar-refractivity contribution in [1.82, 2.24) is 24.8 Å². The summed E-state index contributed by atoms with van der Waals surface area (Å²) in [5, 5.41) is 3.22. The van der Waals surface area contributed by atoms with Gasteiger partial charge in [0.05, 0.1) is 6.54 Å². The normalized spacial score (nSPS) is 16.4. The van der Waals surface area contributed by atoms with Gasteiger partial charge >= 0.3 is 0 Å². The zero-order valence-electron chi connectivity index (χ0n) is 13.4. The molecule has 7 nitrogen and oxygen atoms in total. The zero-order chi connectivity index (χ0) is 16.1. The minimum absolute atomic E-state index is 0.264.